The Morgan fingerprint density at radius 2 is 1.86 bits per heavy atom. The van der Waals surface area contributed by atoms with Gasteiger partial charge in [0.1, 0.15) is 5.56 Å². The molecule has 0 fully saturated rings. The number of hydrogen-bond acceptors (Lipinski definition) is 5. The molecule has 0 bridgehead atoms. The van der Waals surface area contributed by atoms with Gasteiger partial charge in [-0.3, -0.25) is 20.8 Å². The summed E-state index contributed by atoms with van der Waals surface area (Å²) in [4.78, 5) is 23.0. The SMILES string of the molecule is CCC(CC)(CC)NC(=O)c1cc(NN)ccc1[N+](=O)[O-]. The van der Waals surface area contributed by atoms with Crippen LogP contribution in [-0.2, 0) is 0 Å². The summed E-state index contributed by atoms with van der Waals surface area (Å²) in [5, 5.41) is 14.0. The maximum atomic E-state index is 12.4. The fourth-order valence-electron chi connectivity index (χ4n) is 2.29. The largest absolute Gasteiger partial charge is 0.346 e. The molecule has 1 aromatic rings. The molecule has 0 aliphatic rings. The second kappa shape index (κ2) is 7.03. The number of nitrogens with zero attached hydrogens (tertiary/aromatic N) is 1. The van der Waals surface area contributed by atoms with Gasteiger partial charge in [0.05, 0.1) is 4.92 Å². The maximum absolute atomic E-state index is 12.4. The van der Waals surface area contributed by atoms with E-state index in [1.807, 2.05) is 20.8 Å². The number of anilines is 1. The van der Waals surface area contributed by atoms with Crippen molar-refractivity contribution in [1.82, 2.24) is 5.32 Å². The van der Waals surface area contributed by atoms with Crippen LogP contribution in [0.2, 0.25) is 0 Å². The molecule has 0 aromatic heterocycles. The van der Waals surface area contributed by atoms with Crippen molar-refractivity contribution in [1.29, 1.82) is 0 Å². The average molecular weight is 294 g/mol. The Hall–Kier alpha value is -2.15. The predicted molar refractivity (Wildman–Crippen MR) is 82.0 cm³/mol. The lowest BCUT2D eigenvalue weighted by Gasteiger charge is -2.31. The van der Waals surface area contributed by atoms with Gasteiger partial charge in [-0.1, -0.05) is 20.8 Å². The second-order valence-electron chi connectivity index (χ2n) is 4.93. The molecular weight excluding hydrogens is 272 g/mol. The van der Waals surface area contributed by atoms with E-state index in [0.29, 0.717) is 5.69 Å². The van der Waals surface area contributed by atoms with Gasteiger partial charge >= 0.3 is 0 Å². The molecule has 1 aromatic carbocycles. The highest BCUT2D eigenvalue weighted by atomic mass is 16.6. The molecule has 0 saturated heterocycles. The summed E-state index contributed by atoms with van der Waals surface area (Å²) in [7, 11) is 0. The Labute approximate surface area is 124 Å². The van der Waals surface area contributed by atoms with Crippen molar-refractivity contribution < 1.29 is 9.72 Å². The van der Waals surface area contributed by atoms with Crippen LogP contribution in [0.4, 0.5) is 11.4 Å². The third-order valence-corrected chi connectivity index (χ3v) is 4.01. The number of nitro groups is 1. The zero-order valence-electron chi connectivity index (χ0n) is 12.6. The van der Waals surface area contributed by atoms with Crippen LogP contribution in [0.5, 0.6) is 0 Å². The molecule has 0 unspecified atom stereocenters. The van der Waals surface area contributed by atoms with Gasteiger partial charge < -0.3 is 10.7 Å². The molecule has 1 rings (SSSR count). The zero-order chi connectivity index (χ0) is 16.0. The molecule has 21 heavy (non-hydrogen) atoms. The number of carbonyl (C=O) groups is 1. The van der Waals surface area contributed by atoms with Gasteiger partial charge in [0.15, 0.2) is 0 Å². The first-order valence-electron chi connectivity index (χ1n) is 7.00. The number of nitrogen functional groups attached to an aromatic ring is 1. The van der Waals surface area contributed by atoms with E-state index in [0.717, 1.165) is 19.3 Å². The number of rotatable bonds is 7. The van der Waals surface area contributed by atoms with Crippen molar-refractivity contribution in [3.05, 3.63) is 33.9 Å². The molecule has 4 N–H and O–H groups in total. The lowest BCUT2D eigenvalue weighted by atomic mass is 9.89. The normalized spacial score (nSPS) is 11.0. The molecular formula is C14H22N4O3. The molecule has 116 valence electrons. The van der Waals surface area contributed by atoms with Crippen LogP contribution >= 0.6 is 0 Å². The lowest BCUT2D eigenvalue weighted by Crippen LogP contribution is -2.47. The topological polar surface area (TPSA) is 110 Å². The van der Waals surface area contributed by atoms with Crippen molar-refractivity contribution in [2.45, 2.75) is 45.6 Å². The number of nitrogens with two attached hydrogens (primary N) is 1. The smallest absolute Gasteiger partial charge is 0.282 e. The number of hydrazine groups is 1. The summed E-state index contributed by atoms with van der Waals surface area (Å²) in [6, 6.07) is 4.12. The third kappa shape index (κ3) is 3.69. The first-order chi connectivity index (χ1) is 9.92. The van der Waals surface area contributed by atoms with E-state index in [1.54, 1.807) is 0 Å². The van der Waals surface area contributed by atoms with Crippen LogP contribution in [0, 0.1) is 10.1 Å². The third-order valence-electron chi connectivity index (χ3n) is 4.01. The molecule has 1 amide bonds. The molecule has 0 spiro atoms. The monoisotopic (exact) mass is 294 g/mol. The Kier molecular flexibility index (Phi) is 5.66. The molecule has 0 atom stereocenters. The van der Waals surface area contributed by atoms with Crippen LogP contribution in [0.3, 0.4) is 0 Å². The summed E-state index contributed by atoms with van der Waals surface area (Å²) in [5.74, 6) is 4.84. The minimum absolute atomic E-state index is 0.00942. The Bertz CT molecular complexity index is 519. The van der Waals surface area contributed by atoms with E-state index in [2.05, 4.69) is 10.7 Å². The Balaban J connectivity index is 3.19. The van der Waals surface area contributed by atoms with E-state index in [1.165, 1.54) is 18.2 Å². The summed E-state index contributed by atoms with van der Waals surface area (Å²) in [5.41, 5.74) is 2.26. The van der Waals surface area contributed by atoms with Crippen LogP contribution in [0.15, 0.2) is 18.2 Å². The first-order valence-corrected chi connectivity index (χ1v) is 7.00. The lowest BCUT2D eigenvalue weighted by molar-refractivity contribution is -0.385. The summed E-state index contributed by atoms with van der Waals surface area (Å²) in [6.45, 7) is 5.96. The standard InChI is InChI=1S/C14H22N4O3/c1-4-14(5-2,6-3)16-13(19)11-9-10(17-15)7-8-12(11)18(20)21/h7-9,17H,4-6,15H2,1-3H3,(H,16,19). The van der Waals surface area contributed by atoms with E-state index in [4.69, 9.17) is 5.84 Å². The fraction of sp³-hybridized carbons (Fsp3) is 0.500. The zero-order valence-corrected chi connectivity index (χ0v) is 12.6. The predicted octanol–water partition coefficient (Wildman–Crippen LogP) is 2.58. The van der Waals surface area contributed by atoms with Crippen molar-refractivity contribution in [2.24, 2.45) is 5.84 Å². The molecule has 0 aliphatic carbocycles. The fourth-order valence-corrected chi connectivity index (χ4v) is 2.29. The first kappa shape index (κ1) is 16.9. The van der Waals surface area contributed by atoms with Gasteiger partial charge in [-0.05, 0) is 31.4 Å². The molecule has 7 nitrogen and oxygen atoms in total. The molecule has 0 radical (unpaired) electrons. The highest BCUT2D eigenvalue weighted by Gasteiger charge is 2.29. The van der Waals surface area contributed by atoms with Crippen molar-refractivity contribution >= 4 is 17.3 Å². The van der Waals surface area contributed by atoms with Gasteiger partial charge in [0.25, 0.3) is 11.6 Å². The number of hydrogen-bond donors (Lipinski definition) is 3. The highest BCUT2D eigenvalue weighted by Crippen LogP contribution is 2.25. The minimum Gasteiger partial charge on any atom is -0.346 e. The number of nitrogens with one attached hydrogen (secondary N) is 2. The van der Waals surface area contributed by atoms with E-state index < -0.39 is 10.8 Å². The second-order valence-corrected chi connectivity index (χ2v) is 4.93. The van der Waals surface area contributed by atoms with Crippen LogP contribution in [0.25, 0.3) is 0 Å². The van der Waals surface area contributed by atoms with Gasteiger partial charge in [-0.25, -0.2) is 0 Å². The van der Waals surface area contributed by atoms with Gasteiger partial charge in [-0.15, -0.1) is 0 Å². The summed E-state index contributed by atoms with van der Waals surface area (Å²) >= 11 is 0. The Morgan fingerprint density at radius 3 is 2.29 bits per heavy atom. The van der Waals surface area contributed by atoms with Crippen LogP contribution < -0.4 is 16.6 Å². The highest BCUT2D eigenvalue weighted by molar-refractivity contribution is 5.99. The van der Waals surface area contributed by atoms with E-state index in [-0.39, 0.29) is 16.8 Å². The van der Waals surface area contributed by atoms with Crippen LogP contribution in [-0.4, -0.2) is 16.4 Å². The quantitative estimate of drug-likeness (QED) is 0.406. The molecule has 0 saturated carbocycles. The average Bonchev–Trinajstić information content (AvgIpc) is 2.51. The van der Waals surface area contributed by atoms with E-state index >= 15 is 0 Å². The number of amides is 1. The van der Waals surface area contributed by atoms with Gasteiger partial charge in [0.2, 0.25) is 0 Å². The minimum atomic E-state index is -0.569. The molecule has 0 aliphatic heterocycles. The van der Waals surface area contributed by atoms with E-state index in [9.17, 15) is 14.9 Å². The summed E-state index contributed by atoms with van der Waals surface area (Å²) < 4.78 is 0. The van der Waals surface area contributed by atoms with Crippen molar-refractivity contribution in [3.63, 3.8) is 0 Å². The van der Waals surface area contributed by atoms with Crippen molar-refractivity contribution in [3.8, 4) is 0 Å². The maximum Gasteiger partial charge on any atom is 0.282 e. The summed E-state index contributed by atoms with van der Waals surface area (Å²) in [6.07, 6.45) is 2.27. The van der Waals surface area contributed by atoms with Crippen LogP contribution in [0.1, 0.15) is 50.4 Å². The number of carbonyl (C=O) groups excluding carboxylic acids is 1. The molecule has 7 heteroatoms. The van der Waals surface area contributed by atoms with Gasteiger partial charge in [0, 0.05) is 17.3 Å². The molecule has 0 heterocycles. The Morgan fingerprint density at radius 1 is 1.29 bits per heavy atom. The van der Waals surface area contributed by atoms with Gasteiger partial charge in [-0.2, -0.15) is 0 Å². The van der Waals surface area contributed by atoms with Crippen molar-refractivity contribution in [2.75, 3.05) is 5.43 Å². The number of nitro benzene ring substituents is 1. The number of benzene rings is 1.